The van der Waals surface area contributed by atoms with Crippen LogP contribution < -0.4 is 16.5 Å². The van der Waals surface area contributed by atoms with Crippen molar-refractivity contribution in [2.75, 3.05) is 12.3 Å². The molecule has 0 radical (unpaired) electrons. The lowest BCUT2D eigenvalue weighted by atomic mass is 10.0. The highest BCUT2D eigenvalue weighted by Gasteiger charge is 2.48. The number of H-pyrrole nitrogens is 1. The summed E-state index contributed by atoms with van der Waals surface area (Å²) >= 11 is 0. The van der Waals surface area contributed by atoms with Gasteiger partial charge in [0, 0.05) is 5.92 Å². The third kappa shape index (κ3) is 4.35. The SMILES string of the molecule is C=C1[C@@H](COCc2ccccc2)C([Si](C)(C)c2ccccc2)C[C@H]1n1cnc2c(=O)[nH]c(N)nc21. The van der Waals surface area contributed by atoms with E-state index in [2.05, 4.69) is 77.1 Å². The molecule has 2 aromatic heterocycles. The van der Waals surface area contributed by atoms with Crippen LogP contribution in [0.4, 0.5) is 5.95 Å². The highest BCUT2D eigenvalue weighted by atomic mass is 28.3. The fraction of sp³-hybridized carbons (Fsp3) is 0.296. The molecule has 2 aromatic carbocycles. The maximum Gasteiger partial charge on any atom is 0.280 e. The van der Waals surface area contributed by atoms with Crippen LogP contribution in [0.5, 0.6) is 0 Å². The maximum atomic E-state index is 12.4. The first-order valence-corrected chi connectivity index (χ1v) is 15.0. The predicted molar refractivity (Wildman–Crippen MR) is 142 cm³/mol. The van der Waals surface area contributed by atoms with Crippen LogP contribution in [0.15, 0.2) is 83.9 Å². The number of nitrogens with two attached hydrogens (primary N) is 1. The molecule has 0 aliphatic heterocycles. The molecule has 3 N–H and O–H groups in total. The fourth-order valence-corrected chi connectivity index (χ4v) is 9.11. The van der Waals surface area contributed by atoms with Gasteiger partial charge >= 0.3 is 0 Å². The molecule has 8 heteroatoms. The van der Waals surface area contributed by atoms with Crippen LogP contribution in [-0.4, -0.2) is 34.2 Å². The molecule has 0 amide bonds. The topological polar surface area (TPSA) is 98.8 Å². The number of aromatic nitrogens is 4. The van der Waals surface area contributed by atoms with Crippen molar-refractivity contribution in [3.05, 3.63) is 95.1 Å². The first-order valence-electron chi connectivity index (χ1n) is 11.9. The van der Waals surface area contributed by atoms with Gasteiger partial charge in [-0.1, -0.05) is 85.5 Å². The Morgan fingerprint density at radius 2 is 1.83 bits per heavy atom. The number of nitrogen functional groups attached to an aromatic ring is 1. The molecule has 1 aliphatic rings. The van der Waals surface area contributed by atoms with Crippen molar-refractivity contribution >= 4 is 30.4 Å². The molecular formula is C27H31N5O2Si. The Morgan fingerprint density at radius 1 is 1.14 bits per heavy atom. The Hall–Kier alpha value is -3.49. The lowest BCUT2D eigenvalue weighted by Gasteiger charge is -2.34. The molecule has 1 aliphatic carbocycles. The van der Waals surface area contributed by atoms with Gasteiger partial charge in [-0.3, -0.25) is 9.78 Å². The lowest BCUT2D eigenvalue weighted by Crippen LogP contribution is -2.47. The Kier molecular flexibility index (Phi) is 6.17. The van der Waals surface area contributed by atoms with E-state index >= 15 is 0 Å². The molecule has 5 rings (SSSR count). The zero-order valence-corrected chi connectivity index (χ0v) is 21.1. The summed E-state index contributed by atoms with van der Waals surface area (Å²) in [5, 5.41) is 1.42. The normalized spacial score (nSPS) is 20.5. The van der Waals surface area contributed by atoms with E-state index in [1.807, 2.05) is 22.8 Å². The van der Waals surface area contributed by atoms with Gasteiger partial charge in [0.2, 0.25) is 5.95 Å². The molecule has 0 spiro atoms. The number of nitrogens with one attached hydrogen (secondary N) is 1. The van der Waals surface area contributed by atoms with E-state index in [-0.39, 0.29) is 23.5 Å². The second-order valence-corrected chi connectivity index (χ2v) is 14.7. The summed E-state index contributed by atoms with van der Waals surface area (Å²) in [6.45, 7) is 10.6. The Balaban J connectivity index is 1.49. The van der Waals surface area contributed by atoms with E-state index in [1.54, 1.807) is 6.33 Å². The average molecular weight is 486 g/mol. The van der Waals surface area contributed by atoms with E-state index in [0.717, 1.165) is 17.6 Å². The molecule has 35 heavy (non-hydrogen) atoms. The number of benzene rings is 2. The Morgan fingerprint density at radius 3 is 2.54 bits per heavy atom. The van der Waals surface area contributed by atoms with Gasteiger partial charge in [0.1, 0.15) is 0 Å². The Bertz CT molecular complexity index is 1400. The fourth-order valence-electron chi connectivity index (χ4n) is 5.51. The predicted octanol–water partition coefficient (Wildman–Crippen LogP) is 4.02. The van der Waals surface area contributed by atoms with Gasteiger partial charge in [-0.25, -0.2) is 4.98 Å². The third-order valence-corrected chi connectivity index (χ3v) is 11.8. The average Bonchev–Trinajstić information content (AvgIpc) is 3.42. The molecule has 3 atom stereocenters. The zero-order chi connectivity index (χ0) is 24.6. The van der Waals surface area contributed by atoms with E-state index in [9.17, 15) is 4.79 Å². The highest BCUT2D eigenvalue weighted by Crippen LogP contribution is 2.51. The minimum absolute atomic E-state index is 0.0282. The van der Waals surface area contributed by atoms with Crippen LogP contribution in [0.2, 0.25) is 18.6 Å². The molecule has 4 aromatic rings. The van der Waals surface area contributed by atoms with Gasteiger partial charge in [0.25, 0.3) is 5.56 Å². The van der Waals surface area contributed by atoms with E-state index < -0.39 is 8.07 Å². The number of imidazole rings is 1. The van der Waals surface area contributed by atoms with Crippen molar-refractivity contribution in [1.29, 1.82) is 0 Å². The molecule has 0 bridgehead atoms. The monoisotopic (exact) mass is 485 g/mol. The summed E-state index contributed by atoms with van der Waals surface area (Å²) in [5.41, 5.74) is 8.99. The summed E-state index contributed by atoms with van der Waals surface area (Å²) in [5.74, 6) is 0.272. The molecule has 1 fully saturated rings. The number of hydrogen-bond donors (Lipinski definition) is 2. The number of nitrogens with zero attached hydrogens (tertiary/aromatic N) is 3. The minimum atomic E-state index is -1.91. The number of aromatic amines is 1. The maximum absolute atomic E-state index is 12.4. The largest absolute Gasteiger partial charge is 0.376 e. The number of rotatable bonds is 7. The highest BCUT2D eigenvalue weighted by molar-refractivity contribution is 6.91. The molecule has 1 saturated carbocycles. The van der Waals surface area contributed by atoms with E-state index in [1.165, 1.54) is 5.19 Å². The molecule has 180 valence electrons. The van der Waals surface area contributed by atoms with Gasteiger partial charge in [0.15, 0.2) is 11.2 Å². The summed E-state index contributed by atoms with van der Waals surface area (Å²) in [4.78, 5) is 23.7. The number of fused-ring (bicyclic) bond motifs is 1. The van der Waals surface area contributed by atoms with Crippen LogP contribution in [0, 0.1) is 5.92 Å². The van der Waals surface area contributed by atoms with Gasteiger partial charge in [0.05, 0.1) is 33.7 Å². The van der Waals surface area contributed by atoms with Crippen LogP contribution in [0.1, 0.15) is 18.0 Å². The first kappa shape index (κ1) is 23.3. The zero-order valence-electron chi connectivity index (χ0n) is 20.1. The standard InChI is InChI=1S/C27H31N5O2Si/c1-18-21(16-34-15-19-10-6-4-7-11-19)23(35(2,3)20-12-8-5-9-13-20)14-22(18)32-17-29-24-25(32)30-27(28)31-26(24)33/h4-13,17,21-23H,1,14-16H2,2-3H3,(H3,28,30,31,33)/t21-,22-,23?/m1/s1. The number of hydrogen-bond acceptors (Lipinski definition) is 5. The molecule has 2 heterocycles. The van der Waals surface area contributed by atoms with Crippen LogP contribution >= 0.6 is 0 Å². The van der Waals surface area contributed by atoms with Gasteiger partial charge in [-0.2, -0.15) is 4.98 Å². The van der Waals surface area contributed by atoms with Crippen molar-refractivity contribution in [3.8, 4) is 0 Å². The van der Waals surface area contributed by atoms with Crippen molar-refractivity contribution < 1.29 is 4.74 Å². The summed E-state index contributed by atoms with van der Waals surface area (Å²) < 4.78 is 8.25. The van der Waals surface area contributed by atoms with Crippen molar-refractivity contribution in [1.82, 2.24) is 19.5 Å². The third-order valence-electron chi connectivity index (χ3n) is 7.51. The van der Waals surface area contributed by atoms with Crippen LogP contribution in [0.3, 0.4) is 0 Å². The summed E-state index contributed by atoms with van der Waals surface area (Å²) in [6, 6.07) is 21.0. The summed E-state index contributed by atoms with van der Waals surface area (Å²) in [7, 11) is -1.91. The quantitative estimate of drug-likeness (QED) is 0.304. The molecular weight excluding hydrogens is 454 g/mol. The van der Waals surface area contributed by atoms with E-state index in [4.69, 9.17) is 10.5 Å². The van der Waals surface area contributed by atoms with Crippen LogP contribution in [0.25, 0.3) is 11.2 Å². The van der Waals surface area contributed by atoms with Crippen LogP contribution in [-0.2, 0) is 11.3 Å². The summed E-state index contributed by atoms with van der Waals surface area (Å²) in [6.07, 6.45) is 2.59. The number of anilines is 1. The van der Waals surface area contributed by atoms with Gasteiger partial charge < -0.3 is 15.0 Å². The number of ether oxygens (including phenoxy) is 1. The molecule has 7 nitrogen and oxygen atoms in total. The van der Waals surface area contributed by atoms with Gasteiger partial charge in [-0.05, 0) is 23.1 Å². The minimum Gasteiger partial charge on any atom is -0.376 e. The first-order chi connectivity index (χ1) is 16.9. The lowest BCUT2D eigenvalue weighted by molar-refractivity contribution is 0.0976. The Labute approximate surface area is 205 Å². The van der Waals surface area contributed by atoms with Crippen molar-refractivity contribution in [2.24, 2.45) is 5.92 Å². The van der Waals surface area contributed by atoms with E-state index in [0.29, 0.717) is 29.9 Å². The molecule has 1 unspecified atom stereocenters. The second kappa shape index (κ2) is 9.28. The van der Waals surface area contributed by atoms with Crippen molar-refractivity contribution in [3.63, 3.8) is 0 Å². The smallest absolute Gasteiger partial charge is 0.280 e. The van der Waals surface area contributed by atoms with Crippen molar-refractivity contribution in [2.45, 2.75) is 37.7 Å². The molecule has 0 saturated heterocycles. The second-order valence-electron chi connectivity index (χ2n) is 9.90. The van der Waals surface area contributed by atoms with Gasteiger partial charge in [-0.15, -0.1) is 0 Å².